The van der Waals surface area contributed by atoms with Crippen LogP contribution in [0, 0.1) is 6.92 Å². The number of nitrogens with two attached hydrogens (primary N) is 1. The average Bonchev–Trinajstić information content (AvgIpc) is 2.28. The second-order valence-corrected chi connectivity index (χ2v) is 3.89. The molecule has 1 heterocycles. The zero-order chi connectivity index (χ0) is 11.5. The number of aromatic nitrogens is 1. The van der Waals surface area contributed by atoms with Crippen LogP contribution >= 0.6 is 0 Å². The van der Waals surface area contributed by atoms with Gasteiger partial charge in [-0.2, -0.15) is 0 Å². The third-order valence-electron chi connectivity index (χ3n) is 2.49. The van der Waals surface area contributed by atoms with Gasteiger partial charge in [0.25, 0.3) is 0 Å². The Morgan fingerprint density at radius 2 is 2.12 bits per heavy atom. The number of rotatable bonds is 3. The summed E-state index contributed by atoms with van der Waals surface area (Å²) in [5.41, 5.74) is 7.67. The number of pyridine rings is 1. The van der Waals surface area contributed by atoms with E-state index in [4.69, 9.17) is 10.5 Å². The minimum atomic E-state index is 0.592. The first-order valence-electron chi connectivity index (χ1n) is 5.50. The van der Waals surface area contributed by atoms with E-state index in [1.807, 2.05) is 31.2 Å². The lowest BCUT2D eigenvalue weighted by Crippen LogP contribution is -1.96. The summed E-state index contributed by atoms with van der Waals surface area (Å²) in [6.07, 6.45) is 1.01. The fourth-order valence-electron chi connectivity index (χ4n) is 1.58. The van der Waals surface area contributed by atoms with E-state index >= 15 is 0 Å². The van der Waals surface area contributed by atoms with Gasteiger partial charge in [-0.25, -0.2) is 4.98 Å². The van der Waals surface area contributed by atoms with Crippen LogP contribution in [0.2, 0.25) is 0 Å². The molecule has 3 nitrogen and oxygen atoms in total. The van der Waals surface area contributed by atoms with Gasteiger partial charge in [0, 0.05) is 5.39 Å². The Balaban J connectivity index is 2.41. The third-order valence-corrected chi connectivity index (χ3v) is 2.49. The molecular formula is C13H16N2O. The zero-order valence-electron chi connectivity index (χ0n) is 9.66. The van der Waals surface area contributed by atoms with Gasteiger partial charge in [0.1, 0.15) is 11.6 Å². The normalized spacial score (nSPS) is 10.6. The predicted octanol–water partition coefficient (Wildman–Crippen LogP) is 2.91. The molecule has 0 bridgehead atoms. The Hall–Kier alpha value is -1.77. The molecule has 0 aliphatic heterocycles. The number of aryl methyl sites for hydroxylation is 1. The van der Waals surface area contributed by atoms with Crippen LogP contribution in [-0.2, 0) is 0 Å². The summed E-state index contributed by atoms with van der Waals surface area (Å²) in [6, 6.07) is 7.91. The molecule has 1 aromatic heterocycles. The smallest absolute Gasteiger partial charge is 0.127 e. The Labute approximate surface area is 95.2 Å². The van der Waals surface area contributed by atoms with E-state index in [1.165, 1.54) is 0 Å². The molecule has 0 spiro atoms. The number of hydrogen-bond acceptors (Lipinski definition) is 3. The summed E-state index contributed by atoms with van der Waals surface area (Å²) in [5, 5.41) is 1.07. The number of ether oxygens (including phenoxy) is 1. The van der Waals surface area contributed by atoms with Crippen molar-refractivity contribution >= 4 is 16.7 Å². The van der Waals surface area contributed by atoms with Gasteiger partial charge in [-0.05, 0) is 43.2 Å². The van der Waals surface area contributed by atoms with Crippen molar-refractivity contribution in [3.05, 3.63) is 29.8 Å². The average molecular weight is 216 g/mol. The first-order valence-corrected chi connectivity index (χ1v) is 5.50. The maximum Gasteiger partial charge on any atom is 0.127 e. The maximum atomic E-state index is 5.76. The maximum absolute atomic E-state index is 5.76. The monoisotopic (exact) mass is 216 g/mol. The molecule has 0 saturated carbocycles. The molecule has 0 atom stereocenters. The summed E-state index contributed by atoms with van der Waals surface area (Å²) >= 11 is 0. The summed E-state index contributed by atoms with van der Waals surface area (Å²) in [7, 11) is 0. The number of hydrogen-bond donors (Lipinski definition) is 1. The van der Waals surface area contributed by atoms with Crippen LogP contribution in [0.15, 0.2) is 24.3 Å². The van der Waals surface area contributed by atoms with Gasteiger partial charge < -0.3 is 10.5 Å². The Morgan fingerprint density at radius 1 is 1.31 bits per heavy atom. The first kappa shape index (κ1) is 10.7. The van der Waals surface area contributed by atoms with Crippen LogP contribution in [0.1, 0.15) is 18.9 Å². The first-order chi connectivity index (χ1) is 7.70. The van der Waals surface area contributed by atoms with E-state index in [9.17, 15) is 0 Å². The van der Waals surface area contributed by atoms with E-state index in [2.05, 4.69) is 11.9 Å². The second kappa shape index (κ2) is 4.39. The van der Waals surface area contributed by atoms with Gasteiger partial charge in [0.15, 0.2) is 0 Å². The van der Waals surface area contributed by atoms with E-state index < -0.39 is 0 Å². The number of nitrogens with zero attached hydrogens (tertiary/aromatic N) is 1. The molecule has 0 fully saturated rings. The van der Waals surface area contributed by atoms with Crippen molar-refractivity contribution < 1.29 is 4.74 Å². The quantitative estimate of drug-likeness (QED) is 0.858. The van der Waals surface area contributed by atoms with Gasteiger partial charge in [-0.1, -0.05) is 6.92 Å². The van der Waals surface area contributed by atoms with Crippen LogP contribution in [0.25, 0.3) is 10.9 Å². The third kappa shape index (κ3) is 2.08. The number of nitrogen functional groups attached to an aromatic ring is 1. The topological polar surface area (TPSA) is 48.1 Å². The van der Waals surface area contributed by atoms with Crippen LogP contribution in [0.5, 0.6) is 5.75 Å². The summed E-state index contributed by atoms with van der Waals surface area (Å²) in [5.74, 6) is 1.48. The molecule has 2 rings (SSSR count). The molecule has 0 saturated heterocycles. The number of anilines is 1. The molecule has 0 aliphatic carbocycles. The van der Waals surface area contributed by atoms with Crippen molar-refractivity contribution in [1.82, 2.24) is 4.98 Å². The lowest BCUT2D eigenvalue weighted by molar-refractivity contribution is 0.318. The highest BCUT2D eigenvalue weighted by Gasteiger charge is 2.01. The Morgan fingerprint density at radius 3 is 2.88 bits per heavy atom. The van der Waals surface area contributed by atoms with E-state index in [0.717, 1.165) is 35.2 Å². The predicted molar refractivity (Wildman–Crippen MR) is 66.7 cm³/mol. The molecule has 0 amide bonds. The molecule has 1 aromatic carbocycles. The van der Waals surface area contributed by atoms with Gasteiger partial charge in [-0.3, -0.25) is 0 Å². The van der Waals surface area contributed by atoms with Gasteiger partial charge >= 0.3 is 0 Å². The van der Waals surface area contributed by atoms with Gasteiger partial charge in [0.05, 0.1) is 12.1 Å². The standard InChI is InChI=1S/C13H16N2O/c1-3-6-16-11-4-5-12-10(8-11)7-9(2)13(14)15-12/h4-5,7-8H,3,6H2,1-2H3,(H2,14,15). The molecule has 2 aromatic rings. The highest BCUT2D eigenvalue weighted by atomic mass is 16.5. The Bertz CT molecular complexity index is 509. The van der Waals surface area contributed by atoms with Crippen molar-refractivity contribution in [2.75, 3.05) is 12.3 Å². The Kier molecular flexibility index (Phi) is 2.95. The summed E-state index contributed by atoms with van der Waals surface area (Å²) in [6.45, 7) is 4.79. The summed E-state index contributed by atoms with van der Waals surface area (Å²) < 4.78 is 5.57. The molecule has 0 radical (unpaired) electrons. The van der Waals surface area contributed by atoms with Gasteiger partial charge in [0.2, 0.25) is 0 Å². The number of fused-ring (bicyclic) bond motifs is 1. The van der Waals surface area contributed by atoms with E-state index in [-0.39, 0.29) is 0 Å². The molecule has 84 valence electrons. The second-order valence-electron chi connectivity index (χ2n) is 3.89. The lowest BCUT2D eigenvalue weighted by Gasteiger charge is -2.07. The molecule has 0 unspecified atom stereocenters. The highest BCUT2D eigenvalue weighted by Crippen LogP contribution is 2.22. The zero-order valence-corrected chi connectivity index (χ0v) is 9.66. The van der Waals surface area contributed by atoms with Gasteiger partial charge in [-0.15, -0.1) is 0 Å². The van der Waals surface area contributed by atoms with Crippen LogP contribution in [-0.4, -0.2) is 11.6 Å². The molecular weight excluding hydrogens is 200 g/mol. The number of benzene rings is 1. The molecule has 3 heteroatoms. The lowest BCUT2D eigenvalue weighted by atomic mass is 10.1. The van der Waals surface area contributed by atoms with Crippen LogP contribution in [0.4, 0.5) is 5.82 Å². The van der Waals surface area contributed by atoms with Crippen molar-refractivity contribution in [2.45, 2.75) is 20.3 Å². The highest BCUT2D eigenvalue weighted by molar-refractivity contribution is 5.82. The minimum absolute atomic E-state index is 0.592. The van der Waals surface area contributed by atoms with Crippen molar-refractivity contribution in [1.29, 1.82) is 0 Å². The SMILES string of the molecule is CCCOc1ccc2nc(N)c(C)cc2c1. The molecule has 2 N–H and O–H groups in total. The molecule has 16 heavy (non-hydrogen) atoms. The van der Waals surface area contributed by atoms with Crippen molar-refractivity contribution in [2.24, 2.45) is 0 Å². The fourth-order valence-corrected chi connectivity index (χ4v) is 1.58. The minimum Gasteiger partial charge on any atom is -0.494 e. The largest absolute Gasteiger partial charge is 0.494 e. The summed E-state index contributed by atoms with van der Waals surface area (Å²) in [4.78, 5) is 4.32. The molecule has 0 aliphatic rings. The van der Waals surface area contributed by atoms with E-state index in [1.54, 1.807) is 0 Å². The van der Waals surface area contributed by atoms with Crippen LogP contribution in [0.3, 0.4) is 0 Å². The van der Waals surface area contributed by atoms with Crippen LogP contribution < -0.4 is 10.5 Å². The van der Waals surface area contributed by atoms with E-state index in [0.29, 0.717) is 5.82 Å². The van der Waals surface area contributed by atoms with Crippen molar-refractivity contribution in [3.63, 3.8) is 0 Å². The van der Waals surface area contributed by atoms with Crippen molar-refractivity contribution in [3.8, 4) is 5.75 Å². The fraction of sp³-hybridized carbons (Fsp3) is 0.308.